The second-order valence-electron chi connectivity index (χ2n) is 19.9. The molecule has 0 radical (unpaired) electrons. The quantitative estimate of drug-likeness (QED) is 0.0272. The molecule has 3 atom stereocenters. The summed E-state index contributed by atoms with van der Waals surface area (Å²) in [6.45, 7) is 4.61. The molecule has 8 nitrogen and oxygen atoms in total. The van der Waals surface area contributed by atoms with Gasteiger partial charge in [-0.2, -0.15) is 0 Å². The molecule has 0 saturated carbocycles. The summed E-state index contributed by atoms with van der Waals surface area (Å²) in [6.07, 6.45) is 63.9. The zero-order valence-electron chi connectivity index (χ0n) is 43.9. The van der Waals surface area contributed by atoms with Crippen LogP contribution in [0.3, 0.4) is 0 Å². The van der Waals surface area contributed by atoms with Crippen LogP contribution in [0.25, 0.3) is 0 Å². The fourth-order valence-corrected chi connectivity index (χ4v) is 8.67. The number of carbonyl (C=O) groups excluding carboxylic acids is 1. The Balaban J connectivity index is 4.06. The van der Waals surface area contributed by atoms with E-state index in [-0.39, 0.29) is 19.1 Å². The number of unbranched alkanes of at least 4 members (excludes halogenated alkanes) is 27. The number of phosphoric acid groups is 1. The van der Waals surface area contributed by atoms with Crippen molar-refractivity contribution in [2.24, 2.45) is 0 Å². The third kappa shape index (κ3) is 50.1. The lowest BCUT2D eigenvalue weighted by molar-refractivity contribution is -0.870. The van der Waals surface area contributed by atoms with E-state index >= 15 is 0 Å². The Bertz CT molecular complexity index is 1260. The maximum Gasteiger partial charge on any atom is 0.268 e. The van der Waals surface area contributed by atoms with Crippen LogP contribution in [0.1, 0.15) is 245 Å². The molecule has 0 bridgehead atoms. The van der Waals surface area contributed by atoms with Crippen LogP contribution in [0.15, 0.2) is 60.8 Å². The number of likely N-dealkylation sites (N-methyl/N-ethyl adjacent to an activating group) is 1. The normalized spacial score (nSPS) is 14.5. The van der Waals surface area contributed by atoms with E-state index in [9.17, 15) is 19.4 Å². The van der Waals surface area contributed by atoms with Crippen LogP contribution in [0.2, 0.25) is 0 Å². The van der Waals surface area contributed by atoms with Gasteiger partial charge in [0.25, 0.3) is 7.82 Å². The Morgan fingerprint density at radius 3 is 1.35 bits per heavy atom. The van der Waals surface area contributed by atoms with Crippen molar-refractivity contribution in [2.45, 2.75) is 257 Å². The Labute approximate surface area is 409 Å². The molecule has 9 heteroatoms. The van der Waals surface area contributed by atoms with E-state index in [1.54, 1.807) is 0 Å². The van der Waals surface area contributed by atoms with Crippen molar-refractivity contribution in [1.29, 1.82) is 0 Å². The minimum absolute atomic E-state index is 0.0114. The SMILES string of the molecule is CC/C=C\C/C=C\C/C=C\C/C=C\C/C=C\CCCCCCCCCCCCCCCCCC(=O)NC(COP(=O)([O-])OCC[N+](C)(C)C)C(O)CCCCCCCCCCCCCCC. The molecule has 386 valence electrons. The molecule has 1 amide bonds. The summed E-state index contributed by atoms with van der Waals surface area (Å²) >= 11 is 0. The van der Waals surface area contributed by atoms with E-state index in [1.807, 2.05) is 21.1 Å². The van der Waals surface area contributed by atoms with Gasteiger partial charge in [-0.05, 0) is 57.8 Å². The highest BCUT2D eigenvalue weighted by atomic mass is 31.2. The summed E-state index contributed by atoms with van der Waals surface area (Å²) < 4.78 is 23.4. The summed E-state index contributed by atoms with van der Waals surface area (Å²) in [7, 11) is 1.31. The molecule has 0 aromatic heterocycles. The van der Waals surface area contributed by atoms with E-state index in [4.69, 9.17) is 9.05 Å². The number of aliphatic hydroxyl groups is 1. The molecule has 0 aromatic carbocycles. The van der Waals surface area contributed by atoms with Crippen LogP contribution in [0, 0.1) is 0 Å². The highest BCUT2D eigenvalue weighted by molar-refractivity contribution is 7.45. The van der Waals surface area contributed by atoms with Crippen LogP contribution in [-0.4, -0.2) is 68.5 Å². The van der Waals surface area contributed by atoms with Gasteiger partial charge in [-0.25, -0.2) is 0 Å². The zero-order chi connectivity index (χ0) is 48.5. The lowest BCUT2D eigenvalue weighted by Gasteiger charge is -2.30. The van der Waals surface area contributed by atoms with E-state index in [1.165, 1.54) is 148 Å². The van der Waals surface area contributed by atoms with Crippen LogP contribution in [-0.2, 0) is 18.4 Å². The van der Waals surface area contributed by atoms with Gasteiger partial charge < -0.3 is 28.8 Å². The van der Waals surface area contributed by atoms with Crippen molar-refractivity contribution < 1.29 is 32.9 Å². The van der Waals surface area contributed by atoms with Gasteiger partial charge in [0.05, 0.1) is 39.9 Å². The number of nitrogens with zero attached hydrogens (tertiary/aromatic N) is 1. The number of quaternary nitrogens is 1. The number of allylic oxidation sites excluding steroid dienone is 10. The van der Waals surface area contributed by atoms with Crippen LogP contribution in [0.4, 0.5) is 0 Å². The number of aliphatic hydroxyl groups excluding tert-OH is 1. The fraction of sp³-hybridized carbons (Fsp3) is 0.807. The number of hydrogen-bond acceptors (Lipinski definition) is 6. The van der Waals surface area contributed by atoms with Crippen LogP contribution >= 0.6 is 7.82 Å². The fourth-order valence-electron chi connectivity index (χ4n) is 7.95. The van der Waals surface area contributed by atoms with E-state index in [0.29, 0.717) is 23.9 Å². The lowest BCUT2D eigenvalue weighted by Crippen LogP contribution is -2.46. The van der Waals surface area contributed by atoms with Crippen molar-refractivity contribution in [3.63, 3.8) is 0 Å². The predicted octanol–water partition coefficient (Wildman–Crippen LogP) is 15.9. The molecule has 66 heavy (non-hydrogen) atoms. The van der Waals surface area contributed by atoms with Crippen molar-refractivity contribution in [3.8, 4) is 0 Å². The number of carbonyl (C=O) groups is 1. The van der Waals surface area contributed by atoms with Gasteiger partial charge >= 0.3 is 0 Å². The predicted molar refractivity (Wildman–Crippen MR) is 284 cm³/mol. The maximum absolute atomic E-state index is 12.9. The molecule has 2 N–H and O–H groups in total. The van der Waals surface area contributed by atoms with E-state index in [2.05, 4.69) is 79.9 Å². The van der Waals surface area contributed by atoms with Gasteiger partial charge in [0.1, 0.15) is 13.2 Å². The van der Waals surface area contributed by atoms with Crippen LogP contribution < -0.4 is 10.2 Å². The van der Waals surface area contributed by atoms with Gasteiger partial charge in [-0.15, -0.1) is 0 Å². The highest BCUT2D eigenvalue weighted by Crippen LogP contribution is 2.38. The molecular formula is C57H107N2O6P. The Morgan fingerprint density at radius 1 is 0.545 bits per heavy atom. The Hall–Kier alpha value is -1.80. The first-order chi connectivity index (χ1) is 32.0. The number of rotatable bonds is 50. The number of amides is 1. The van der Waals surface area contributed by atoms with Crippen molar-refractivity contribution in [2.75, 3.05) is 40.9 Å². The average Bonchev–Trinajstić information content (AvgIpc) is 3.28. The minimum Gasteiger partial charge on any atom is -0.756 e. The highest BCUT2D eigenvalue weighted by Gasteiger charge is 2.24. The standard InChI is InChI=1S/C57H107N2O6P/c1-6-8-10-12-14-16-18-20-21-22-23-24-25-26-27-28-29-30-31-32-33-34-35-36-37-39-41-43-45-47-49-51-57(61)58-55(54-65-66(62,63)64-53-52-59(3,4)5)56(60)50-48-46-44-42-40-38-19-17-15-13-11-9-7-2/h8,10,14,16,20-21,23-24,26-27,55-56,60H,6-7,9,11-13,15,17-19,22,25,28-54H2,1-5H3,(H-,58,61,62,63)/b10-8-,16-14-,21-20-,24-23-,27-26-. The molecule has 0 aliphatic heterocycles. The Kier molecular flexibility index (Phi) is 46.9. The van der Waals surface area contributed by atoms with E-state index < -0.39 is 20.0 Å². The number of phosphoric ester groups is 1. The third-order valence-electron chi connectivity index (χ3n) is 12.3. The molecule has 0 fully saturated rings. The van der Waals surface area contributed by atoms with Crippen molar-refractivity contribution in [1.82, 2.24) is 5.32 Å². The Morgan fingerprint density at radius 2 is 0.924 bits per heavy atom. The third-order valence-corrected chi connectivity index (χ3v) is 13.2. The first-order valence-electron chi connectivity index (χ1n) is 27.6. The van der Waals surface area contributed by atoms with Crippen molar-refractivity contribution in [3.05, 3.63) is 60.8 Å². The molecule has 0 heterocycles. The molecule has 0 aliphatic rings. The van der Waals surface area contributed by atoms with Gasteiger partial charge in [0.2, 0.25) is 5.91 Å². The topological polar surface area (TPSA) is 108 Å². The summed E-state index contributed by atoms with van der Waals surface area (Å²) in [5.41, 5.74) is 0. The van der Waals surface area contributed by atoms with E-state index in [0.717, 1.165) is 70.6 Å². The number of hydrogen-bond donors (Lipinski definition) is 2. The lowest BCUT2D eigenvalue weighted by atomic mass is 10.0. The summed E-state index contributed by atoms with van der Waals surface area (Å²) in [5.74, 6) is -0.166. The van der Waals surface area contributed by atoms with Gasteiger partial charge in [-0.3, -0.25) is 9.36 Å². The molecular weight excluding hydrogens is 840 g/mol. The summed E-state index contributed by atoms with van der Waals surface area (Å²) in [5, 5.41) is 14.0. The monoisotopic (exact) mass is 947 g/mol. The molecule has 0 saturated heterocycles. The van der Waals surface area contributed by atoms with Gasteiger partial charge in [-0.1, -0.05) is 242 Å². The molecule has 0 rings (SSSR count). The maximum atomic E-state index is 12.9. The zero-order valence-corrected chi connectivity index (χ0v) is 44.8. The van der Waals surface area contributed by atoms with Crippen molar-refractivity contribution >= 4 is 13.7 Å². The second-order valence-corrected chi connectivity index (χ2v) is 21.3. The molecule has 0 aromatic rings. The molecule has 0 spiro atoms. The van der Waals surface area contributed by atoms with Gasteiger partial charge in [0, 0.05) is 6.42 Å². The summed E-state index contributed by atoms with van der Waals surface area (Å²) in [6, 6.07) is -0.801. The molecule has 0 aliphatic carbocycles. The first-order valence-corrected chi connectivity index (χ1v) is 29.1. The first kappa shape index (κ1) is 64.2. The minimum atomic E-state index is -4.57. The number of nitrogens with one attached hydrogen (secondary N) is 1. The average molecular weight is 947 g/mol. The smallest absolute Gasteiger partial charge is 0.268 e. The second kappa shape index (κ2) is 48.2. The molecule has 3 unspecified atom stereocenters. The summed E-state index contributed by atoms with van der Waals surface area (Å²) in [4.78, 5) is 25.5. The van der Waals surface area contributed by atoms with Gasteiger partial charge in [0.15, 0.2) is 0 Å². The largest absolute Gasteiger partial charge is 0.756 e. The van der Waals surface area contributed by atoms with Crippen LogP contribution in [0.5, 0.6) is 0 Å².